The minimum absolute atomic E-state index is 0.584. The van der Waals surface area contributed by atoms with Crippen LogP contribution < -0.4 is 4.74 Å². The highest BCUT2D eigenvalue weighted by Gasteiger charge is 2.13. The normalized spacial score (nSPS) is 11.0. The molecule has 4 rings (SSSR count). The number of nitrogens with zero attached hydrogens (tertiary/aromatic N) is 1. The summed E-state index contributed by atoms with van der Waals surface area (Å²) < 4.78 is 8.43. The molecule has 26 heavy (non-hydrogen) atoms. The Morgan fingerprint density at radius 3 is 2.19 bits per heavy atom. The van der Waals surface area contributed by atoms with Gasteiger partial charge in [-0.2, -0.15) is 0 Å². The molecule has 2 heterocycles. The molecule has 0 saturated carbocycles. The van der Waals surface area contributed by atoms with Crippen molar-refractivity contribution in [2.45, 2.75) is 26.4 Å². The van der Waals surface area contributed by atoms with Crippen LogP contribution in [0.1, 0.15) is 29.3 Å². The molecule has 130 valence electrons. The van der Waals surface area contributed by atoms with E-state index in [0.29, 0.717) is 6.61 Å². The third-order valence-corrected chi connectivity index (χ3v) is 4.80. The van der Waals surface area contributed by atoms with Gasteiger partial charge in [0.15, 0.2) is 0 Å². The molecule has 4 aromatic rings. The summed E-state index contributed by atoms with van der Waals surface area (Å²) in [5.41, 5.74) is 6.38. The third-order valence-electron chi connectivity index (χ3n) is 4.80. The van der Waals surface area contributed by atoms with Gasteiger partial charge >= 0.3 is 0 Å². The predicted octanol–water partition coefficient (Wildman–Crippen LogP) is 5.67. The Morgan fingerprint density at radius 1 is 0.808 bits per heavy atom. The van der Waals surface area contributed by atoms with E-state index in [1.807, 2.05) is 18.2 Å². The molecular weight excluding hydrogens is 318 g/mol. The first kappa shape index (κ1) is 16.5. The van der Waals surface area contributed by atoms with Crippen molar-refractivity contribution >= 4 is 5.52 Å². The minimum atomic E-state index is 0.584. The maximum Gasteiger partial charge on any atom is 0.143 e. The first-order valence-electron chi connectivity index (χ1n) is 9.17. The molecule has 0 atom stereocenters. The van der Waals surface area contributed by atoms with Gasteiger partial charge < -0.3 is 9.14 Å². The lowest BCUT2D eigenvalue weighted by molar-refractivity contribution is 0.309. The summed E-state index contributed by atoms with van der Waals surface area (Å²) in [7, 11) is 0. The minimum Gasteiger partial charge on any atom is -0.487 e. The van der Waals surface area contributed by atoms with Crippen molar-refractivity contribution in [3.05, 3.63) is 107 Å². The molecule has 2 aromatic heterocycles. The van der Waals surface area contributed by atoms with Crippen LogP contribution in [0.25, 0.3) is 5.52 Å². The first-order chi connectivity index (χ1) is 12.8. The molecule has 0 aliphatic heterocycles. The zero-order valence-electron chi connectivity index (χ0n) is 15.1. The molecule has 0 unspecified atom stereocenters. The summed E-state index contributed by atoms with van der Waals surface area (Å²) in [5, 5.41) is 0. The van der Waals surface area contributed by atoms with E-state index >= 15 is 0 Å². The molecule has 2 aromatic carbocycles. The quantitative estimate of drug-likeness (QED) is 0.440. The van der Waals surface area contributed by atoms with E-state index in [0.717, 1.165) is 24.1 Å². The van der Waals surface area contributed by atoms with Gasteiger partial charge in [0.1, 0.15) is 12.4 Å². The van der Waals surface area contributed by atoms with Crippen LogP contribution in [0.2, 0.25) is 0 Å². The Balaban J connectivity index is 1.68. The predicted molar refractivity (Wildman–Crippen MR) is 107 cm³/mol. The fraction of sp³-hybridized carbons (Fsp3) is 0.167. The summed E-state index contributed by atoms with van der Waals surface area (Å²) in [6, 6.07) is 27.4. The number of pyridine rings is 1. The monoisotopic (exact) mass is 341 g/mol. The molecule has 0 bridgehead atoms. The van der Waals surface area contributed by atoms with Gasteiger partial charge in [0, 0.05) is 18.3 Å². The lowest BCUT2D eigenvalue weighted by Gasteiger charge is -2.10. The highest BCUT2D eigenvalue weighted by atomic mass is 16.5. The molecule has 0 fully saturated rings. The fourth-order valence-electron chi connectivity index (χ4n) is 3.43. The van der Waals surface area contributed by atoms with Gasteiger partial charge in [-0.15, -0.1) is 0 Å². The van der Waals surface area contributed by atoms with Crippen LogP contribution in [0, 0.1) is 0 Å². The van der Waals surface area contributed by atoms with Gasteiger partial charge in [-0.25, -0.2) is 0 Å². The van der Waals surface area contributed by atoms with Crippen LogP contribution in [-0.2, 0) is 19.4 Å². The van der Waals surface area contributed by atoms with Gasteiger partial charge in [-0.1, -0.05) is 67.6 Å². The number of aryl methyl sites for hydroxylation is 1. The van der Waals surface area contributed by atoms with Crippen molar-refractivity contribution in [2.75, 3.05) is 0 Å². The van der Waals surface area contributed by atoms with Gasteiger partial charge in [0.25, 0.3) is 0 Å². The summed E-state index contributed by atoms with van der Waals surface area (Å²) in [4.78, 5) is 0. The SMILES string of the molecule is CCc1cc2c(OCc3ccccc3)cccn2c1Cc1ccccc1. The standard InChI is InChI=1S/C24H23NO/c1-2-21-17-23-24(26-18-20-12-7-4-8-13-20)14-9-15-25(23)22(21)16-19-10-5-3-6-11-19/h3-15,17H,2,16,18H2,1H3. The van der Waals surface area contributed by atoms with Crippen LogP contribution in [0.3, 0.4) is 0 Å². The van der Waals surface area contributed by atoms with Crippen molar-refractivity contribution in [3.8, 4) is 5.75 Å². The maximum atomic E-state index is 6.15. The van der Waals surface area contributed by atoms with Gasteiger partial charge in [-0.05, 0) is 41.3 Å². The first-order valence-corrected chi connectivity index (χ1v) is 9.17. The smallest absolute Gasteiger partial charge is 0.143 e. The topological polar surface area (TPSA) is 13.6 Å². The van der Waals surface area contributed by atoms with E-state index in [1.54, 1.807) is 0 Å². The van der Waals surface area contributed by atoms with Crippen molar-refractivity contribution in [1.82, 2.24) is 4.40 Å². The number of ether oxygens (including phenoxy) is 1. The van der Waals surface area contributed by atoms with E-state index in [-0.39, 0.29) is 0 Å². The van der Waals surface area contributed by atoms with E-state index in [9.17, 15) is 0 Å². The van der Waals surface area contributed by atoms with Crippen LogP contribution in [-0.4, -0.2) is 4.40 Å². The average molecular weight is 341 g/mol. The number of benzene rings is 2. The van der Waals surface area contributed by atoms with Gasteiger partial charge in [-0.3, -0.25) is 0 Å². The molecule has 2 heteroatoms. The molecule has 2 nitrogen and oxygen atoms in total. The zero-order valence-corrected chi connectivity index (χ0v) is 15.1. The molecule has 0 saturated heterocycles. The summed E-state index contributed by atoms with van der Waals surface area (Å²) >= 11 is 0. The molecule has 0 aliphatic carbocycles. The zero-order chi connectivity index (χ0) is 17.8. The Morgan fingerprint density at radius 2 is 1.50 bits per heavy atom. The number of fused-ring (bicyclic) bond motifs is 1. The third kappa shape index (κ3) is 3.36. The van der Waals surface area contributed by atoms with E-state index < -0.39 is 0 Å². The largest absolute Gasteiger partial charge is 0.487 e. The summed E-state index contributed by atoms with van der Waals surface area (Å²) in [5.74, 6) is 0.936. The second kappa shape index (κ2) is 7.49. The van der Waals surface area contributed by atoms with Crippen LogP contribution in [0.15, 0.2) is 85.1 Å². The Labute approximate surface area is 154 Å². The number of rotatable bonds is 6. The highest BCUT2D eigenvalue weighted by molar-refractivity contribution is 5.64. The number of aromatic nitrogens is 1. The Hall–Kier alpha value is -3.00. The summed E-state index contributed by atoms with van der Waals surface area (Å²) in [6.45, 7) is 2.80. The molecule has 0 radical (unpaired) electrons. The molecule has 0 amide bonds. The van der Waals surface area contributed by atoms with E-state index in [1.165, 1.54) is 22.4 Å². The van der Waals surface area contributed by atoms with E-state index in [2.05, 4.69) is 78.2 Å². The fourth-order valence-corrected chi connectivity index (χ4v) is 3.43. The van der Waals surface area contributed by atoms with Crippen molar-refractivity contribution in [1.29, 1.82) is 0 Å². The second-order valence-electron chi connectivity index (χ2n) is 6.53. The van der Waals surface area contributed by atoms with Crippen molar-refractivity contribution < 1.29 is 4.74 Å². The molecular formula is C24H23NO. The Kier molecular flexibility index (Phi) is 4.74. The second-order valence-corrected chi connectivity index (χ2v) is 6.53. The average Bonchev–Trinajstić information content (AvgIpc) is 3.06. The van der Waals surface area contributed by atoms with Crippen molar-refractivity contribution in [3.63, 3.8) is 0 Å². The van der Waals surface area contributed by atoms with E-state index in [4.69, 9.17) is 4.74 Å². The lowest BCUT2D eigenvalue weighted by atomic mass is 10.1. The van der Waals surface area contributed by atoms with Crippen LogP contribution in [0.5, 0.6) is 5.75 Å². The van der Waals surface area contributed by atoms with Crippen LogP contribution in [0.4, 0.5) is 0 Å². The van der Waals surface area contributed by atoms with Gasteiger partial charge in [0.2, 0.25) is 0 Å². The molecule has 0 N–H and O–H groups in total. The molecule has 0 spiro atoms. The van der Waals surface area contributed by atoms with Crippen molar-refractivity contribution in [2.24, 2.45) is 0 Å². The maximum absolute atomic E-state index is 6.15. The number of hydrogen-bond acceptors (Lipinski definition) is 1. The molecule has 0 aliphatic rings. The summed E-state index contributed by atoms with van der Waals surface area (Å²) in [6.07, 6.45) is 4.09. The van der Waals surface area contributed by atoms with Crippen LogP contribution >= 0.6 is 0 Å². The lowest BCUT2D eigenvalue weighted by Crippen LogP contribution is -2.00. The Bertz CT molecular complexity index is 987. The van der Waals surface area contributed by atoms with Gasteiger partial charge in [0.05, 0.1) is 5.52 Å². The number of hydrogen-bond donors (Lipinski definition) is 0. The highest BCUT2D eigenvalue weighted by Crippen LogP contribution is 2.28.